The standard InChI is InChI=1S/C30H30ClN7O2/c1-19(20-7-3-2-4-8-20)18-37-16-6-5-9-24(37)29-36-26(27(28(32)39)38(29)33)21-10-12-22(13-11-21)30(40)35-25-15-14-23(31)17-34-25/h2-4,7-8,10-15,17,24H,1,5-6,9,16,18,33H2,(H2,32,39)(H,34,35,40)/t24-/m0/s1. The van der Waals surface area contributed by atoms with E-state index in [2.05, 4.69) is 21.8 Å². The summed E-state index contributed by atoms with van der Waals surface area (Å²) in [6, 6.07) is 20.0. The molecule has 2 amide bonds. The second kappa shape index (κ2) is 11.7. The highest BCUT2D eigenvalue weighted by Gasteiger charge is 2.32. The van der Waals surface area contributed by atoms with E-state index in [4.69, 9.17) is 28.2 Å². The van der Waals surface area contributed by atoms with E-state index in [-0.39, 0.29) is 17.6 Å². The molecule has 1 aliphatic rings. The molecule has 0 aliphatic carbocycles. The minimum Gasteiger partial charge on any atom is -0.364 e. The summed E-state index contributed by atoms with van der Waals surface area (Å²) >= 11 is 5.86. The van der Waals surface area contributed by atoms with Crippen LogP contribution in [-0.4, -0.2) is 44.4 Å². The van der Waals surface area contributed by atoms with Gasteiger partial charge in [0.25, 0.3) is 11.8 Å². The first-order valence-corrected chi connectivity index (χ1v) is 13.4. The Morgan fingerprint density at radius 3 is 2.45 bits per heavy atom. The molecule has 40 heavy (non-hydrogen) atoms. The molecule has 1 atom stereocenters. The van der Waals surface area contributed by atoms with Crippen LogP contribution in [0.25, 0.3) is 16.8 Å². The number of nitrogens with zero attached hydrogens (tertiary/aromatic N) is 4. The number of primary amides is 1. The lowest BCUT2D eigenvalue weighted by Crippen LogP contribution is -2.37. The number of nitrogen functional groups attached to an aromatic ring is 1. The van der Waals surface area contributed by atoms with Gasteiger partial charge in [0.05, 0.1) is 11.1 Å². The lowest BCUT2D eigenvalue weighted by atomic mass is 9.99. The summed E-state index contributed by atoms with van der Waals surface area (Å²) in [7, 11) is 0. The first-order valence-electron chi connectivity index (χ1n) is 13.0. The Balaban J connectivity index is 1.41. The first kappa shape index (κ1) is 27.1. The number of imidazole rings is 1. The van der Waals surface area contributed by atoms with E-state index in [0.29, 0.717) is 40.0 Å². The van der Waals surface area contributed by atoms with Crippen molar-refractivity contribution in [1.29, 1.82) is 0 Å². The van der Waals surface area contributed by atoms with Gasteiger partial charge in [-0.1, -0.05) is 67.1 Å². The molecule has 2 aromatic carbocycles. The minimum absolute atomic E-state index is 0.108. The normalized spacial score (nSPS) is 15.5. The molecule has 0 spiro atoms. The van der Waals surface area contributed by atoms with Gasteiger partial charge in [0.2, 0.25) is 0 Å². The molecule has 1 aliphatic heterocycles. The maximum absolute atomic E-state index is 12.7. The number of carbonyl (C=O) groups is 2. The fraction of sp³-hybridized carbons (Fsp3) is 0.200. The molecule has 5 rings (SSSR count). The summed E-state index contributed by atoms with van der Waals surface area (Å²) in [5.74, 6) is 6.41. The molecule has 0 unspecified atom stereocenters. The number of amides is 2. The van der Waals surface area contributed by atoms with Crippen LogP contribution in [0.3, 0.4) is 0 Å². The quantitative estimate of drug-likeness (QED) is 0.265. The Labute approximate surface area is 237 Å². The highest BCUT2D eigenvalue weighted by Crippen LogP contribution is 2.34. The van der Waals surface area contributed by atoms with Crippen molar-refractivity contribution in [2.75, 3.05) is 24.2 Å². The van der Waals surface area contributed by atoms with Gasteiger partial charge in [-0.25, -0.2) is 14.6 Å². The van der Waals surface area contributed by atoms with E-state index in [0.717, 1.165) is 36.9 Å². The molecule has 2 aromatic heterocycles. The van der Waals surface area contributed by atoms with Crippen molar-refractivity contribution in [3.05, 3.63) is 107 Å². The van der Waals surface area contributed by atoms with Gasteiger partial charge in [0.1, 0.15) is 17.3 Å². The third kappa shape index (κ3) is 5.75. The average Bonchev–Trinajstić information content (AvgIpc) is 3.32. The summed E-state index contributed by atoms with van der Waals surface area (Å²) in [4.78, 5) is 36.5. The number of likely N-dealkylation sites (tertiary alicyclic amines) is 1. The number of carbonyl (C=O) groups excluding carboxylic acids is 2. The van der Waals surface area contributed by atoms with Crippen molar-refractivity contribution < 1.29 is 9.59 Å². The number of piperidine rings is 1. The van der Waals surface area contributed by atoms with Crippen LogP contribution in [-0.2, 0) is 0 Å². The van der Waals surface area contributed by atoms with Gasteiger partial charge in [-0.05, 0) is 54.8 Å². The molecule has 1 saturated heterocycles. The molecule has 0 bridgehead atoms. The molecule has 0 radical (unpaired) electrons. The molecule has 9 nitrogen and oxygen atoms in total. The Morgan fingerprint density at radius 1 is 1.02 bits per heavy atom. The van der Waals surface area contributed by atoms with Crippen molar-refractivity contribution in [1.82, 2.24) is 19.5 Å². The monoisotopic (exact) mass is 555 g/mol. The summed E-state index contributed by atoms with van der Waals surface area (Å²) < 4.78 is 1.32. The number of rotatable bonds is 8. The minimum atomic E-state index is -0.678. The summed E-state index contributed by atoms with van der Waals surface area (Å²) in [5, 5.41) is 3.20. The fourth-order valence-electron chi connectivity index (χ4n) is 5.02. The Kier molecular flexibility index (Phi) is 7.95. The molecular weight excluding hydrogens is 526 g/mol. The van der Waals surface area contributed by atoms with Crippen molar-refractivity contribution in [3.8, 4) is 11.3 Å². The van der Waals surface area contributed by atoms with Crippen molar-refractivity contribution in [3.63, 3.8) is 0 Å². The third-order valence-electron chi connectivity index (χ3n) is 7.05. The zero-order valence-corrected chi connectivity index (χ0v) is 22.6. The van der Waals surface area contributed by atoms with E-state index in [1.807, 2.05) is 30.3 Å². The second-order valence-corrected chi connectivity index (χ2v) is 10.2. The number of hydrogen-bond donors (Lipinski definition) is 3. The third-order valence-corrected chi connectivity index (χ3v) is 7.27. The van der Waals surface area contributed by atoms with Crippen LogP contribution in [0.15, 0.2) is 79.5 Å². The van der Waals surface area contributed by atoms with Crippen LogP contribution in [0, 0.1) is 0 Å². The number of anilines is 1. The Morgan fingerprint density at radius 2 is 1.77 bits per heavy atom. The van der Waals surface area contributed by atoms with Gasteiger partial charge in [-0.2, -0.15) is 0 Å². The zero-order valence-electron chi connectivity index (χ0n) is 21.9. The molecule has 3 heterocycles. The maximum atomic E-state index is 12.7. The van der Waals surface area contributed by atoms with E-state index < -0.39 is 5.91 Å². The predicted molar refractivity (Wildman–Crippen MR) is 157 cm³/mol. The van der Waals surface area contributed by atoms with Gasteiger partial charge >= 0.3 is 0 Å². The lowest BCUT2D eigenvalue weighted by Gasteiger charge is -2.35. The van der Waals surface area contributed by atoms with Gasteiger partial charge in [0.15, 0.2) is 5.69 Å². The van der Waals surface area contributed by atoms with E-state index in [1.165, 1.54) is 10.9 Å². The Bertz CT molecular complexity index is 1530. The van der Waals surface area contributed by atoms with Crippen LogP contribution in [0.5, 0.6) is 0 Å². The van der Waals surface area contributed by atoms with Crippen LogP contribution >= 0.6 is 11.6 Å². The van der Waals surface area contributed by atoms with Crippen molar-refractivity contribution in [2.45, 2.75) is 25.3 Å². The maximum Gasteiger partial charge on any atom is 0.269 e. The van der Waals surface area contributed by atoms with Crippen LogP contribution in [0.2, 0.25) is 5.02 Å². The number of aromatic nitrogens is 3. The number of nitrogens with one attached hydrogen (secondary N) is 1. The van der Waals surface area contributed by atoms with E-state index in [9.17, 15) is 9.59 Å². The smallest absolute Gasteiger partial charge is 0.269 e. The first-order chi connectivity index (χ1) is 19.3. The lowest BCUT2D eigenvalue weighted by molar-refractivity contribution is 0.0990. The van der Waals surface area contributed by atoms with E-state index in [1.54, 1.807) is 36.4 Å². The number of hydrogen-bond acceptors (Lipinski definition) is 6. The number of nitrogens with two attached hydrogens (primary N) is 2. The molecule has 5 N–H and O–H groups in total. The second-order valence-electron chi connectivity index (χ2n) is 9.75. The Hall–Kier alpha value is -4.47. The van der Waals surface area contributed by atoms with E-state index >= 15 is 0 Å². The van der Waals surface area contributed by atoms with Crippen LogP contribution in [0.4, 0.5) is 5.82 Å². The average molecular weight is 556 g/mol. The topological polar surface area (TPSA) is 132 Å². The molecule has 204 valence electrons. The molecular formula is C30H30ClN7O2. The SMILES string of the molecule is C=C(CN1CCCC[C@H]1c1nc(-c2ccc(C(=O)Nc3ccc(Cl)cn3)cc2)c(C(N)=O)n1N)c1ccccc1. The highest BCUT2D eigenvalue weighted by molar-refractivity contribution is 6.30. The summed E-state index contributed by atoms with van der Waals surface area (Å²) in [6.07, 6.45) is 4.36. The molecule has 4 aromatic rings. The molecule has 10 heteroatoms. The summed E-state index contributed by atoms with van der Waals surface area (Å²) in [5.41, 5.74) is 9.38. The van der Waals surface area contributed by atoms with Gasteiger partial charge < -0.3 is 16.9 Å². The zero-order chi connectivity index (χ0) is 28.2. The predicted octanol–water partition coefficient (Wildman–Crippen LogP) is 4.90. The van der Waals surface area contributed by atoms with Crippen LogP contribution in [0.1, 0.15) is 57.5 Å². The van der Waals surface area contributed by atoms with Crippen molar-refractivity contribution >= 4 is 34.8 Å². The van der Waals surface area contributed by atoms with Gasteiger partial charge in [-0.15, -0.1) is 0 Å². The number of benzene rings is 2. The largest absolute Gasteiger partial charge is 0.364 e. The van der Waals surface area contributed by atoms with Crippen LogP contribution < -0.4 is 16.9 Å². The van der Waals surface area contributed by atoms with Gasteiger partial charge in [0, 0.05) is 23.9 Å². The van der Waals surface area contributed by atoms with Gasteiger partial charge in [-0.3, -0.25) is 14.5 Å². The molecule has 0 saturated carbocycles. The number of halogens is 1. The highest BCUT2D eigenvalue weighted by atomic mass is 35.5. The summed E-state index contributed by atoms with van der Waals surface area (Å²) in [6.45, 7) is 5.81. The van der Waals surface area contributed by atoms with Crippen molar-refractivity contribution in [2.24, 2.45) is 5.73 Å². The number of pyridine rings is 1. The fourth-order valence-corrected chi connectivity index (χ4v) is 5.13. The molecule has 1 fully saturated rings.